The van der Waals surface area contributed by atoms with Crippen molar-refractivity contribution in [3.63, 3.8) is 0 Å². The largest absolute Gasteiger partial charge is 0.326 e. The molecule has 5 nitrogen and oxygen atoms in total. The van der Waals surface area contributed by atoms with Crippen LogP contribution in [-0.2, 0) is 23.1 Å². The number of sulfonamides is 1. The number of pyridine rings is 1. The molecule has 0 atom stereocenters. The van der Waals surface area contributed by atoms with E-state index in [9.17, 15) is 8.42 Å². The van der Waals surface area contributed by atoms with E-state index in [0.717, 1.165) is 11.1 Å². The zero-order chi connectivity index (χ0) is 15.5. The van der Waals surface area contributed by atoms with Gasteiger partial charge in [-0.2, -0.15) is 4.31 Å². The first-order chi connectivity index (χ1) is 9.95. The van der Waals surface area contributed by atoms with E-state index >= 15 is 0 Å². The van der Waals surface area contributed by atoms with E-state index in [1.807, 2.05) is 13.0 Å². The van der Waals surface area contributed by atoms with Crippen molar-refractivity contribution in [3.8, 4) is 0 Å². The highest BCUT2D eigenvalue weighted by Gasteiger charge is 2.21. The Kier molecular flexibility index (Phi) is 4.72. The summed E-state index contributed by atoms with van der Waals surface area (Å²) in [5.74, 6) is 0. The lowest BCUT2D eigenvalue weighted by molar-refractivity contribution is 0.462. The normalized spacial score (nSPS) is 11.8. The van der Waals surface area contributed by atoms with Gasteiger partial charge in [-0.15, -0.1) is 0 Å². The minimum absolute atomic E-state index is 0.237. The van der Waals surface area contributed by atoms with Crippen LogP contribution in [0, 0.1) is 6.92 Å². The first-order valence-corrected chi connectivity index (χ1v) is 8.05. The number of rotatable bonds is 5. The number of nitrogens with two attached hydrogens (primary N) is 1. The van der Waals surface area contributed by atoms with Gasteiger partial charge in [-0.1, -0.05) is 12.1 Å². The molecule has 2 N–H and O–H groups in total. The number of benzene rings is 1. The van der Waals surface area contributed by atoms with Gasteiger partial charge in [0.05, 0.1) is 17.1 Å². The minimum atomic E-state index is -3.53. The molecule has 0 aliphatic carbocycles. The summed E-state index contributed by atoms with van der Waals surface area (Å²) in [7, 11) is -1.98. The summed E-state index contributed by atoms with van der Waals surface area (Å²) in [6.45, 7) is 2.50. The monoisotopic (exact) mass is 305 g/mol. The molecule has 0 aliphatic heterocycles. The van der Waals surface area contributed by atoms with Crippen LogP contribution in [0.1, 0.15) is 16.8 Å². The lowest BCUT2D eigenvalue weighted by atomic mass is 10.1. The van der Waals surface area contributed by atoms with Crippen LogP contribution in [0.15, 0.2) is 47.5 Å². The van der Waals surface area contributed by atoms with Crippen molar-refractivity contribution < 1.29 is 8.42 Å². The molecule has 0 bridgehead atoms. The molecule has 0 unspecified atom stereocenters. The molecule has 0 saturated heterocycles. The van der Waals surface area contributed by atoms with E-state index in [0.29, 0.717) is 12.2 Å². The average molecular weight is 305 g/mol. The number of nitrogens with zero attached hydrogens (tertiary/aromatic N) is 2. The summed E-state index contributed by atoms with van der Waals surface area (Å²) in [5.41, 5.74) is 8.14. The zero-order valence-electron chi connectivity index (χ0n) is 12.2. The Hall–Kier alpha value is -1.76. The molecule has 0 fully saturated rings. The SMILES string of the molecule is Cc1cc(S(=O)(=O)N(C)Cc2ccccn2)ccc1CN. The van der Waals surface area contributed by atoms with E-state index in [1.54, 1.807) is 43.6 Å². The minimum Gasteiger partial charge on any atom is -0.326 e. The fourth-order valence-electron chi connectivity index (χ4n) is 2.04. The number of hydrogen-bond acceptors (Lipinski definition) is 4. The van der Waals surface area contributed by atoms with E-state index in [1.165, 1.54) is 4.31 Å². The van der Waals surface area contributed by atoms with Crippen LogP contribution in [0.25, 0.3) is 0 Å². The van der Waals surface area contributed by atoms with Crippen molar-refractivity contribution in [2.45, 2.75) is 24.9 Å². The van der Waals surface area contributed by atoms with Crippen molar-refractivity contribution >= 4 is 10.0 Å². The summed E-state index contributed by atoms with van der Waals surface area (Å²) >= 11 is 0. The smallest absolute Gasteiger partial charge is 0.243 e. The second kappa shape index (κ2) is 6.34. The van der Waals surface area contributed by atoms with Crippen LogP contribution < -0.4 is 5.73 Å². The summed E-state index contributed by atoms with van der Waals surface area (Å²) in [6.07, 6.45) is 1.65. The lowest BCUT2D eigenvalue weighted by Crippen LogP contribution is -2.27. The van der Waals surface area contributed by atoms with Gasteiger partial charge >= 0.3 is 0 Å². The maximum atomic E-state index is 12.6. The maximum absolute atomic E-state index is 12.6. The summed E-state index contributed by atoms with van der Waals surface area (Å²) in [5, 5.41) is 0. The lowest BCUT2D eigenvalue weighted by Gasteiger charge is -2.17. The van der Waals surface area contributed by atoms with Gasteiger partial charge in [0.25, 0.3) is 0 Å². The van der Waals surface area contributed by atoms with Gasteiger partial charge in [-0.3, -0.25) is 4.98 Å². The van der Waals surface area contributed by atoms with Crippen LogP contribution >= 0.6 is 0 Å². The number of hydrogen-bond donors (Lipinski definition) is 1. The Balaban J connectivity index is 2.27. The van der Waals surface area contributed by atoms with Crippen molar-refractivity contribution in [3.05, 3.63) is 59.4 Å². The highest BCUT2D eigenvalue weighted by atomic mass is 32.2. The molecule has 0 spiro atoms. The second-order valence-electron chi connectivity index (χ2n) is 4.87. The van der Waals surface area contributed by atoms with Gasteiger partial charge in [0.15, 0.2) is 0 Å². The third kappa shape index (κ3) is 3.47. The molecule has 1 aromatic heterocycles. The third-order valence-electron chi connectivity index (χ3n) is 3.35. The van der Waals surface area contributed by atoms with Crippen LogP contribution in [0.2, 0.25) is 0 Å². The van der Waals surface area contributed by atoms with Crippen molar-refractivity contribution in [2.24, 2.45) is 5.73 Å². The Bertz CT molecular complexity index is 715. The predicted molar refractivity (Wildman–Crippen MR) is 82.0 cm³/mol. The standard InChI is InChI=1S/C15H19N3O2S/c1-12-9-15(7-6-13(12)10-16)21(19,20)18(2)11-14-5-3-4-8-17-14/h3-9H,10-11,16H2,1-2H3. The van der Waals surface area contributed by atoms with Gasteiger partial charge < -0.3 is 5.73 Å². The zero-order valence-corrected chi connectivity index (χ0v) is 13.0. The average Bonchev–Trinajstić information content (AvgIpc) is 2.48. The molecule has 2 rings (SSSR count). The van der Waals surface area contributed by atoms with Crippen LogP contribution in [0.4, 0.5) is 0 Å². The highest BCUT2D eigenvalue weighted by molar-refractivity contribution is 7.89. The molecule has 0 saturated carbocycles. The molecule has 1 heterocycles. The number of aryl methyl sites for hydroxylation is 1. The van der Waals surface area contributed by atoms with Gasteiger partial charge in [0.2, 0.25) is 10.0 Å². The van der Waals surface area contributed by atoms with Crippen molar-refractivity contribution in [1.29, 1.82) is 0 Å². The second-order valence-corrected chi connectivity index (χ2v) is 6.92. The Morgan fingerprint density at radius 3 is 2.57 bits per heavy atom. The molecule has 0 amide bonds. The molecule has 21 heavy (non-hydrogen) atoms. The molecule has 0 aliphatic rings. The van der Waals surface area contributed by atoms with Crippen molar-refractivity contribution in [2.75, 3.05) is 7.05 Å². The number of aromatic nitrogens is 1. The highest BCUT2D eigenvalue weighted by Crippen LogP contribution is 2.19. The molecule has 0 radical (unpaired) electrons. The fourth-order valence-corrected chi connectivity index (χ4v) is 3.27. The van der Waals surface area contributed by atoms with Crippen LogP contribution in [-0.4, -0.2) is 24.8 Å². The molecular weight excluding hydrogens is 286 g/mol. The van der Waals surface area contributed by atoms with Crippen LogP contribution in [0.5, 0.6) is 0 Å². The van der Waals surface area contributed by atoms with Gasteiger partial charge in [0, 0.05) is 19.8 Å². The predicted octanol–water partition coefficient (Wildman–Crippen LogP) is 1.67. The third-order valence-corrected chi connectivity index (χ3v) is 5.15. The van der Waals surface area contributed by atoms with Gasteiger partial charge in [0.1, 0.15) is 0 Å². The van der Waals surface area contributed by atoms with Gasteiger partial charge in [-0.05, 0) is 42.3 Å². The summed E-state index contributed by atoms with van der Waals surface area (Å²) < 4.78 is 26.4. The topological polar surface area (TPSA) is 76.3 Å². The quantitative estimate of drug-likeness (QED) is 0.911. The van der Waals surface area contributed by atoms with Gasteiger partial charge in [-0.25, -0.2) is 8.42 Å². The Labute approximate surface area is 125 Å². The molecule has 1 aromatic carbocycles. The fraction of sp³-hybridized carbons (Fsp3) is 0.267. The molecule has 2 aromatic rings. The first-order valence-electron chi connectivity index (χ1n) is 6.61. The van der Waals surface area contributed by atoms with Crippen LogP contribution in [0.3, 0.4) is 0 Å². The Morgan fingerprint density at radius 2 is 2.00 bits per heavy atom. The molecule has 112 valence electrons. The van der Waals surface area contributed by atoms with E-state index in [2.05, 4.69) is 4.98 Å². The summed E-state index contributed by atoms with van der Waals surface area (Å²) in [4.78, 5) is 4.42. The Morgan fingerprint density at radius 1 is 1.24 bits per heavy atom. The van der Waals surface area contributed by atoms with E-state index < -0.39 is 10.0 Å². The van der Waals surface area contributed by atoms with E-state index in [4.69, 9.17) is 5.73 Å². The molecular formula is C15H19N3O2S. The molecule has 6 heteroatoms. The van der Waals surface area contributed by atoms with E-state index in [-0.39, 0.29) is 11.4 Å². The first kappa shape index (κ1) is 15.6. The summed E-state index contributed by atoms with van der Waals surface area (Å²) in [6, 6.07) is 10.5. The van der Waals surface area contributed by atoms with Crippen molar-refractivity contribution in [1.82, 2.24) is 9.29 Å². The maximum Gasteiger partial charge on any atom is 0.243 e.